The van der Waals surface area contributed by atoms with Crippen LogP contribution in [-0.4, -0.2) is 38.8 Å². The van der Waals surface area contributed by atoms with Crippen molar-refractivity contribution in [2.45, 2.75) is 20.8 Å². The molecule has 0 fully saturated rings. The van der Waals surface area contributed by atoms with E-state index in [0.717, 1.165) is 13.1 Å². The number of rotatable bonds is 8. The van der Waals surface area contributed by atoms with E-state index < -0.39 is 0 Å². The van der Waals surface area contributed by atoms with Crippen molar-refractivity contribution in [3.63, 3.8) is 0 Å². The van der Waals surface area contributed by atoms with E-state index in [4.69, 9.17) is 4.74 Å². The third-order valence-electron chi connectivity index (χ3n) is 1.74. The van der Waals surface area contributed by atoms with E-state index in [1.807, 2.05) is 13.8 Å². The molecule has 4 heteroatoms. The molecule has 14 heavy (non-hydrogen) atoms. The molecule has 0 aliphatic heterocycles. The van der Waals surface area contributed by atoms with Gasteiger partial charge in [0.2, 0.25) is 5.91 Å². The van der Waals surface area contributed by atoms with Crippen LogP contribution in [0.2, 0.25) is 0 Å². The van der Waals surface area contributed by atoms with Gasteiger partial charge in [-0.25, -0.2) is 0 Å². The first-order valence-electron chi connectivity index (χ1n) is 5.24. The van der Waals surface area contributed by atoms with Crippen LogP contribution in [0.3, 0.4) is 0 Å². The molecule has 0 aromatic carbocycles. The van der Waals surface area contributed by atoms with Crippen molar-refractivity contribution in [1.29, 1.82) is 0 Å². The van der Waals surface area contributed by atoms with Crippen molar-refractivity contribution in [1.82, 2.24) is 10.6 Å². The molecule has 0 atom stereocenters. The lowest BCUT2D eigenvalue weighted by molar-refractivity contribution is -0.124. The fourth-order valence-electron chi connectivity index (χ4n) is 0.874. The summed E-state index contributed by atoms with van der Waals surface area (Å²) in [6, 6.07) is 0. The van der Waals surface area contributed by atoms with Crippen molar-refractivity contribution >= 4 is 5.91 Å². The summed E-state index contributed by atoms with van der Waals surface area (Å²) in [6.07, 6.45) is 0. The summed E-state index contributed by atoms with van der Waals surface area (Å²) in [6.45, 7) is 9.53. The average Bonchev–Trinajstić information content (AvgIpc) is 2.16. The van der Waals surface area contributed by atoms with E-state index in [2.05, 4.69) is 17.6 Å². The first kappa shape index (κ1) is 13.4. The molecule has 4 nitrogen and oxygen atoms in total. The number of likely N-dealkylation sites (N-methyl/N-ethyl adjacent to an activating group) is 1. The standard InChI is InChI=1S/C10H22N2O2.2H2/c1-4-11-5-7-14-8-6-12-10(13)9(2)3;;/h9,11H,4-8H2,1-3H3,(H,12,13);2*1H. The van der Waals surface area contributed by atoms with Gasteiger partial charge >= 0.3 is 0 Å². The van der Waals surface area contributed by atoms with Crippen LogP contribution < -0.4 is 10.6 Å². The van der Waals surface area contributed by atoms with E-state index in [0.29, 0.717) is 19.8 Å². The van der Waals surface area contributed by atoms with Crippen molar-refractivity contribution in [3.05, 3.63) is 0 Å². The van der Waals surface area contributed by atoms with Crippen LogP contribution in [0.25, 0.3) is 0 Å². The second kappa shape index (κ2) is 8.97. The second-order valence-electron chi connectivity index (χ2n) is 3.41. The third-order valence-corrected chi connectivity index (χ3v) is 1.74. The number of ether oxygens (including phenoxy) is 1. The molecule has 2 N–H and O–H groups in total. The lowest BCUT2D eigenvalue weighted by Gasteiger charge is -2.08. The predicted molar refractivity (Wildman–Crippen MR) is 61.4 cm³/mol. The number of amides is 1. The number of nitrogens with one attached hydrogen (secondary N) is 2. The molecule has 0 spiro atoms. The van der Waals surface area contributed by atoms with Gasteiger partial charge in [0.05, 0.1) is 13.2 Å². The van der Waals surface area contributed by atoms with Crippen LogP contribution in [0.4, 0.5) is 0 Å². The molecule has 0 radical (unpaired) electrons. The molecule has 0 bridgehead atoms. The summed E-state index contributed by atoms with van der Waals surface area (Å²) in [5.41, 5.74) is 0. The largest absolute Gasteiger partial charge is 0.378 e. The topological polar surface area (TPSA) is 50.4 Å². The monoisotopic (exact) mass is 206 g/mol. The maximum absolute atomic E-state index is 11.1. The van der Waals surface area contributed by atoms with Crippen LogP contribution in [-0.2, 0) is 9.53 Å². The molecule has 0 rings (SSSR count). The Balaban J connectivity index is -0.000000845. The molecular formula is C10H26N2O2. The molecule has 0 aromatic heterocycles. The summed E-state index contributed by atoms with van der Waals surface area (Å²) in [5.74, 6) is 0.136. The van der Waals surface area contributed by atoms with Crippen molar-refractivity contribution in [2.24, 2.45) is 5.92 Å². The number of hydrogen-bond acceptors (Lipinski definition) is 3. The lowest BCUT2D eigenvalue weighted by atomic mass is 10.2. The Kier molecular flexibility index (Phi) is 8.57. The number of hydrogen-bond donors (Lipinski definition) is 2. The van der Waals surface area contributed by atoms with Crippen LogP contribution in [0.1, 0.15) is 23.6 Å². The summed E-state index contributed by atoms with van der Waals surface area (Å²) < 4.78 is 5.29. The Labute approximate surface area is 89.4 Å². The zero-order valence-electron chi connectivity index (χ0n) is 9.43. The minimum Gasteiger partial charge on any atom is -0.378 e. The average molecular weight is 206 g/mol. The van der Waals surface area contributed by atoms with Gasteiger partial charge in [-0.2, -0.15) is 0 Å². The smallest absolute Gasteiger partial charge is 0.222 e. The summed E-state index contributed by atoms with van der Waals surface area (Å²) in [5, 5.41) is 5.94. The fraction of sp³-hybridized carbons (Fsp3) is 0.900. The third kappa shape index (κ3) is 8.01. The second-order valence-corrected chi connectivity index (χ2v) is 3.41. The Morgan fingerprint density at radius 3 is 2.57 bits per heavy atom. The first-order valence-corrected chi connectivity index (χ1v) is 5.24. The summed E-state index contributed by atoms with van der Waals surface area (Å²) >= 11 is 0. The predicted octanol–water partition coefficient (Wildman–Crippen LogP) is 0.877. The highest BCUT2D eigenvalue weighted by Crippen LogP contribution is 1.89. The highest BCUT2D eigenvalue weighted by molar-refractivity contribution is 5.77. The van der Waals surface area contributed by atoms with Gasteiger partial charge in [0.1, 0.15) is 0 Å². The van der Waals surface area contributed by atoms with Gasteiger partial charge in [0, 0.05) is 21.9 Å². The minimum atomic E-state index is 0. The Hall–Kier alpha value is -0.610. The quantitative estimate of drug-likeness (QED) is 0.580. The molecule has 0 aromatic rings. The normalized spacial score (nSPS) is 10.6. The van der Waals surface area contributed by atoms with E-state index in [1.165, 1.54) is 0 Å². The van der Waals surface area contributed by atoms with Crippen molar-refractivity contribution < 1.29 is 12.4 Å². The van der Waals surface area contributed by atoms with E-state index in [-0.39, 0.29) is 14.7 Å². The minimum absolute atomic E-state index is 0. The van der Waals surface area contributed by atoms with Crippen LogP contribution >= 0.6 is 0 Å². The molecule has 0 unspecified atom stereocenters. The van der Waals surface area contributed by atoms with E-state index in [9.17, 15) is 4.79 Å². The maximum Gasteiger partial charge on any atom is 0.222 e. The Bertz CT molecular complexity index is 158. The molecule has 0 aliphatic carbocycles. The lowest BCUT2D eigenvalue weighted by Crippen LogP contribution is -2.31. The molecule has 88 valence electrons. The zero-order valence-corrected chi connectivity index (χ0v) is 9.43. The Morgan fingerprint density at radius 2 is 2.00 bits per heavy atom. The first-order chi connectivity index (χ1) is 6.68. The molecule has 1 amide bonds. The van der Waals surface area contributed by atoms with Gasteiger partial charge in [-0.3, -0.25) is 4.79 Å². The zero-order chi connectivity index (χ0) is 10.8. The van der Waals surface area contributed by atoms with Crippen molar-refractivity contribution in [2.75, 3.05) is 32.8 Å². The Morgan fingerprint density at radius 1 is 1.36 bits per heavy atom. The number of carbonyl (C=O) groups excluding carboxylic acids is 1. The van der Waals surface area contributed by atoms with Crippen LogP contribution in [0.15, 0.2) is 0 Å². The highest BCUT2D eigenvalue weighted by Gasteiger charge is 2.04. The molecule has 0 saturated carbocycles. The SMILES string of the molecule is CCNCCOCCNC(=O)C(C)C.[HH].[HH]. The maximum atomic E-state index is 11.1. The summed E-state index contributed by atoms with van der Waals surface area (Å²) in [7, 11) is 0. The number of carbonyl (C=O) groups is 1. The highest BCUT2D eigenvalue weighted by atomic mass is 16.5. The van der Waals surface area contributed by atoms with Crippen molar-refractivity contribution in [3.8, 4) is 0 Å². The van der Waals surface area contributed by atoms with Gasteiger partial charge < -0.3 is 15.4 Å². The van der Waals surface area contributed by atoms with E-state index >= 15 is 0 Å². The van der Waals surface area contributed by atoms with E-state index in [1.54, 1.807) is 0 Å². The van der Waals surface area contributed by atoms with Gasteiger partial charge in [-0.15, -0.1) is 0 Å². The fourth-order valence-corrected chi connectivity index (χ4v) is 0.874. The summed E-state index contributed by atoms with van der Waals surface area (Å²) in [4.78, 5) is 11.1. The van der Waals surface area contributed by atoms with Gasteiger partial charge in [-0.05, 0) is 6.54 Å². The molecular weight excluding hydrogens is 180 g/mol. The van der Waals surface area contributed by atoms with Crippen LogP contribution in [0.5, 0.6) is 0 Å². The van der Waals surface area contributed by atoms with Gasteiger partial charge in [0.25, 0.3) is 0 Å². The molecule has 0 aliphatic rings. The molecule has 0 heterocycles. The van der Waals surface area contributed by atoms with Crippen LogP contribution in [0, 0.1) is 5.92 Å². The van der Waals surface area contributed by atoms with Gasteiger partial charge in [0.15, 0.2) is 0 Å². The van der Waals surface area contributed by atoms with Gasteiger partial charge in [-0.1, -0.05) is 20.8 Å². The molecule has 0 saturated heterocycles.